The molecule has 218 valence electrons. The predicted molar refractivity (Wildman–Crippen MR) is 148 cm³/mol. The first-order chi connectivity index (χ1) is 20.2. The number of methoxy groups -OCH3 is 1. The maximum Gasteiger partial charge on any atom is 0.330 e. The molecule has 9 nitrogen and oxygen atoms in total. The zero-order chi connectivity index (χ0) is 30.0. The fraction of sp³-hybridized carbons (Fsp3) is 0.290. The van der Waals surface area contributed by atoms with Gasteiger partial charge in [-0.3, -0.25) is 14.4 Å². The highest BCUT2D eigenvalue weighted by Crippen LogP contribution is 2.37. The fourth-order valence-corrected chi connectivity index (χ4v) is 5.27. The summed E-state index contributed by atoms with van der Waals surface area (Å²) in [4.78, 5) is 54.8. The summed E-state index contributed by atoms with van der Waals surface area (Å²) in [6.07, 6.45) is 3.70. The zero-order valence-electron chi connectivity index (χ0n) is 23.1. The van der Waals surface area contributed by atoms with E-state index in [0.717, 1.165) is 11.6 Å². The maximum atomic E-state index is 14.2. The molecule has 1 N–H and O–H groups in total. The standard InChI is InChI=1S/C31H29F2N3O6/c1-18-8-9-20(12-26(37)41-2)25-16-35(18)31(40)27-29(42-17-19-6-4-3-5-7-19)28(38)23(15-36(25)27)30(39)34-14-21-10-11-22(32)13-24(21)33/h3-7,10-13,15,18,25H,8-9,14,16-17H2,1-2H3,(H,34,39)/b20-12-/t18-,25+/m0/s1. The van der Waals surface area contributed by atoms with Crippen molar-refractivity contribution in [3.63, 3.8) is 0 Å². The average Bonchev–Trinajstić information content (AvgIpc) is 3.12. The molecule has 0 spiro atoms. The molecule has 11 heteroatoms. The van der Waals surface area contributed by atoms with E-state index in [-0.39, 0.29) is 48.3 Å². The number of esters is 1. The minimum absolute atomic E-state index is 0.0234. The molecule has 2 aliphatic heterocycles. The molecule has 1 aromatic heterocycles. The van der Waals surface area contributed by atoms with Crippen LogP contribution in [-0.2, 0) is 22.7 Å². The normalized spacial score (nSPS) is 18.7. The minimum Gasteiger partial charge on any atom is -0.483 e. The molecule has 0 saturated carbocycles. The third kappa shape index (κ3) is 5.67. The summed E-state index contributed by atoms with van der Waals surface area (Å²) in [7, 11) is 1.27. The number of pyridine rings is 1. The van der Waals surface area contributed by atoms with Crippen LogP contribution in [0.5, 0.6) is 5.75 Å². The molecule has 42 heavy (non-hydrogen) atoms. The SMILES string of the molecule is COC(=O)/C=C1/CC[C@H](C)N2C[C@H]1n1cc(C(=O)NCc3ccc(F)cc3F)c(=O)c(OCc3ccccc3)c1C2=O. The zero-order valence-corrected chi connectivity index (χ0v) is 23.1. The number of benzene rings is 2. The summed E-state index contributed by atoms with van der Waals surface area (Å²) < 4.78 is 39.9. The van der Waals surface area contributed by atoms with Gasteiger partial charge in [-0.25, -0.2) is 13.6 Å². The third-order valence-electron chi connectivity index (χ3n) is 7.60. The minimum atomic E-state index is -0.847. The first-order valence-electron chi connectivity index (χ1n) is 13.4. The van der Waals surface area contributed by atoms with Crippen molar-refractivity contribution >= 4 is 17.8 Å². The van der Waals surface area contributed by atoms with Crippen molar-refractivity contribution in [1.29, 1.82) is 0 Å². The van der Waals surface area contributed by atoms with Crippen LogP contribution in [0.4, 0.5) is 8.78 Å². The number of aromatic nitrogens is 1. The smallest absolute Gasteiger partial charge is 0.330 e. The number of nitrogens with zero attached hydrogens (tertiary/aromatic N) is 2. The molecule has 1 fully saturated rings. The number of fused-ring (bicyclic) bond motifs is 4. The lowest BCUT2D eigenvalue weighted by molar-refractivity contribution is -0.134. The number of amides is 2. The van der Waals surface area contributed by atoms with Gasteiger partial charge in [0.1, 0.15) is 23.8 Å². The Morgan fingerprint density at radius 1 is 1.12 bits per heavy atom. The summed E-state index contributed by atoms with van der Waals surface area (Å²) in [6, 6.07) is 11.2. The molecule has 2 aromatic carbocycles. The Labute approximate surface area is 240 Å². The fourth-order valence-electron chi connectivity index (χ4n) is 5.27. The molecule has 2 aliphatic rings. The van der Waals surface area contributed by atoms with Crippen LogP contribution in [0.3, 0.4) is 0 Å². The monoisotopic (exact) mass is 577 g/mol. The summed E-state index contributed by atoms with van der Waals surface area (Å²) in [5, 5.41) is 2.51. The number of ether oxygens (including phenoxy) is 2. The van der Waals surface area contributed by atoms with Gasteiger partial charge in [0.25, 0.3) is 11.8 Å². The Bertz CT molecular complexity index is 1640. The lowest BCUT2D eigenvalue weighted by Crippen LogP contribution is -2.48. The van der Waals surface area contributed by atoms with Crippen LogP contribution in [0.2, 0.25) is 0 Å². The number of halogens is 2. The van der Waals surface area contributed by atoms with Gasteiger partial charge in [-0.2, -0.15) is 0 Å². The Balaban J connectivity index is 1.61. The first kappa shape index (κ1) is 28.7. The van der Waals surface area contributed by atoms with Crippen molar-refractivity contribution < 1.29 is 32.6 Å². The van der Waals surface area contributed by atoms with Crippen LogP contribution in [0.25, 0.3) is 0 Å². The van der Waals surface area contributed by atoms with Gasteiger partial charge in [0.05, 0.1) is 13.2 Å². The van der Waals surface area contributed by atoms with E-state index in [4.69, 9.17) is 9.47 Å². The van der Waals surface area contributed by atoms with Crippen LogP contribution >= 0.6 is 0 Å². The number of carbonyl (C=O) groups is 3. The van der Waals surface area contributed by atoms with E-state index in [2.05, 4.69) is 5.32 Å². The van der Waals surface area contributed by atoms with Gasteiger partial charge in [-0.1, -0.05) is 36.4 Å². The molecule has 2 atom stereocenters. The van der Waals surface area contributed by atoms with Crippen LogP contribution in [0.1, 0.15) is 57.8 Å². The molecule has 2 bridgehead atoms. The Kier molecular flexibility index (Phi) is 8.19. The lowest BCUT2D eigenvalue weighted by Gasteiger charge is -2.38. The van der Waals surface area contributed by atoms with Gasteiger partial charge >= 0.3 is 5.97 Å². The lowest BCUT2D eigenvalue weighted by atomic mass is 9.99. The van der Waals surface area contributed by atoms with Crippen molar-refractivity contribution in [2.45, 2.75) is 45.0 Å². The van der Waals surface area contributed by atoms with Gasteiger partial charge < -0.3 is 24.3 Å². The molecule has 0 radical (unpaired) electrons. The molecule has 1 saturated heterocycles. The molecule has 3 heterocycles. The van der Waals surface area contributed by atoms with Gasteiger partial charge in [0, 0.05) is 43.0 Å². The van der Waals surface area contributed by atoms with Crippen molar-refractivity contribution in [3.05, 3.63) is 111 Å². The third-order valence-corrected chi connectivity index (χ3v) is 7.60. The molecule has 3 aromatic rings. The highest BCUT2D eigenvalue weighted by molar-refractivity contribution is 5.99. The van der Waals surface area contributed by atoms with Crippen molar-refractivity contribution in [3.8, 4) is 5.75 Å². The van der Waals surface area contributed by atoms with Crippen LogP contribution < -0.4 is 15.5 Å². The van der Waals surface area contributed by atoms with E-state index in [1.807, 2.05) is 13.0 Å². The molecular weight excluding hydrogens is 548 g/mol. The van der Waals surface area contributed by atoms with E-state index >= 15 is 0 Å². The molecule has 0 aliphatic carbocycles. The number of hydrogen-bond acceptors (Lipinski definition) is 6. The van der Waals surface area contributed by atoms with Gasteiger partial charge in [0.15, 0.2) is 11.4 Å². The average molecular weight is 578 g/mol. The van der Waals surface area contributed by atoms with Crippen molar-refractivity contribution in [1.82, 2.24) is 14.8 Å². The van der Waals surface area contributed by atoms with Gasteiger partial charge in [0.2, 0.25) is 5.43 Å². The Morgan fingerprint density at radius 2 is 1.88 bits per heavy atom. The summed E-state index contributed by atoms with van der Waals surface area (Å²) in [5.74, 6) is -3.74. The van der Waals surface area contributed by atoms with E-state index in [0.29, 0.717) is 24.5 Å². The van der Waals surface area contributed by atoms with Gasteiger partial charge in [-0.05, 0) is 37.0 Å². The van der Waals surface area contributed by atoms with Crippen molar-refractivity contribution in [2.75, 3.05) is 13.7 Å². The second kappa shape index (κ2) is 12.0. The largest absolute Gasteiger partial charge is 0.483 e. The maximum absolute atomic E-state index is 14.2. The Morgan fingerprint density at radius 3 is 2.60 bits per heavy atom. The molecular formula is C31H29F2N3O6. The van der Waals surface area contributed by atoms with Crippen LogP contribution in [-0.4, -0.2) is 46.9 Å². The summed E-state index contributed by atoms with van der Waals surface area (Å²) in [6.45, 7) is 1.74. The molecule has 0 unspecified atom stereocenters. The molecule has 5 rings (SSSR count). The van der Waals surface area contributed by atoms with Crippen LogP contribution in [0.15, 0.2) is 71.2 Å². The first-order valence-corrected chi connectivity index (χ1v) is 13.4. The number of rotatable bonds is 7. The highest BCUT2D eigenvalue weighted by atomic mass is 19.1. The number of carbonyl (C=O) groups excluding carboxylic acids is 3. The topological polar surface area (TPSA) is 107 Å². The molecule has 2 amide bonds. The van der Waals surface area contributed by atoms with Crippen LogP contribution in [0, 0.1) is 11.6 Å². The summed E-state index contributed by atoms with van der Waals surface area (Å²) in [5.41, 5.74) is 0.252. The predicted octanol–water partition coefficient (Wildman–Crippen LogP) is 3.91. The summed E-state index contributed by atoms with van der Waals surface area (Å²) >= 11 is 0. The van der Waals surface area contributed by atoms with Crippen molar-refractivity contribution in [2.24, 2.45) is 0 Å². The highest BCUT2D eigenvalue weighted by Gasteiger charge is 2.41. The quantitative estimate of drug-likeness (QED) is 0.337. The second-order valence-electron chi connectivity index (χ2n) is 10.3. The number of hydrogen-bond donors (Lipinski definition) is 1. The second-order valence-corrected chi connectivity index (χ2v) is 10.3. The Hall–Kier alpha value is -4.80. The van der Waals surface area contributed by atoms with E-state index in [1.54, 1.807) is 29.2 Å². The number of nitrogens with one attached hydrogen (secondary N) is 1. The van der Waals surface area contributed by atoms with E-state index in [9.17, 15) is 28.0 Å². The van der Waals surface area contributed by atoms with Gasteiger partial charge in [-0.15, -0.1) is 0 Å². The van der Waals surface area contributed by atoms with E-state index in [1.165, 1.54) is 30.0 Å². The van der Waals surface area contributed by atoms with E-state index < -0.39 is 40.9 Å².